The summed E-state index contributed by atoms with van der Waals surface area (Å²) in [5.74, 6) is -1.65. The molecule has 0 saturated heterocycles. The summed E-state index contributed by atoms with van der Waals surface area (Å²) in [6.07, 6.45) is 2.40. The van der Waals surface area contributed by atoms with E-state index in [0.29, 0.717) is 32.2 Å². The first-order valence-electron chi connectivity index (χ1n) is 13.3. The molecule has 0 aliphatic carbocycles. The Morgan fingerprint density at radius 1 is 1.18 bits per heavy atom. The number of carbonyl (C=O) groups excluding carboxylic acids is 4. The summed E-state index contributed by atoms with van der Waals surface area (Å²) in [4.78, 5) is 60.4. The number of aliphatic hydroxyl groups excluding tert-OH is 1. The summed E-state index contributed by atoms with van der Waals surface area (Å²) in [5, 5.41) is 24.1. The molecule has 4 atom stereocenters. The lowest BCUT2D eigenvalue weighted by Gasteiger charge is -2.27. The van der Waals surface area contributed by atoms with Gasteiger partial charge in [-0.1, -0.05) is 13.8 Å². The number of nitrogens with zero attached hydrogens (tertiary/aromatic N) is 2. The molecular weight excluding hydrogens is 524 g/mol. The molecule has 2 aromatic rings. The molecule has 0 radical (unpaired) electrons. The molecule has 3 rings (SSSR count). The molecule has 12 nitrogen and oxygen atoms in total. The second-order valence-electron chi connectivity index (χ2n) is 10.2. The highest BCUT2D eigenvalue weighted by Gasteiger charge is 2.32. The van der Waals surface area contributed by atoms with Crippen molar-refractivity contribution < 1.29 is 28.7 Å². The Bertz CT molecular complexity index is 1150. The van der Waals surface area contributed by atoms with Crippen molar-refractivity contribution in [3.63, 3.8) is 0 Å². The molecule has 2 aromatic heterocycles. The summed E-state index contributed by atoms with van der Waals surface area (Å²) in [5.41, 5.74) is 0.909. The number of oxazole rings is 1. The maximum absolute atomic E-state index is 13.3. The first-order valence-corrected chi connectivity index (χ1v) is 14.1. The van der Waals surface area contributed by atoms with E-state index in [1.165, 1.54) is 24.5 Å². The Kier molecular flexibility index (Phi) is 11.0. The number of aryl methyl sites for hydroxylation is 2. The zero-order chi connectivity index (χ0) is 28.5. The molecule has 39 heavy (non-hydrogen) atoms. The predicted molar refractivity (Wildman–Crippen MR) is 144 cm³/mol. The zero-order valence-corrected chi connectivity index (χ0v) is 23.6. The summed E-state index contributed by atoms with van der Waals surface area (Å²) in [6, 6.07) is -2.89. The van der Waals surface area contributed by atoms with Gasteiger partial charge in [0.15, 0.2) is 5.69 Å². The molecule has 3 heterocycles. The molecule has 0 fully saturated rings. The molecule has 0 spiro atoms. The standard InChI is InChI=1S/C26H38N6O6S/c1-14(2)11-19-26-31-20(12-38-26)23(35)27-10-6-5-7-18(24(36)32-22(15(3)33)25(37)30-19)29-21(34)9-8-17-13-39-16(4)28-17/h12-15,18-19,22,33H,5-11H2,1-4H3,(H,27,35)(H,29,34)(H,30,37)(H,32,36)/t15-,18+,19+,22+/m1/s1. The molecule has 1 aliphatic heterocycles. The maximum Gasteiger partial charge on any atom is 0.273 e. The number of thiazole rings is 1. The highest BCUT2D eigenvalue weighted by Crippen LogP contribution is 2.21. The van der Waals surface area contributed by atoms with Gasteiger partial charge in [0.1, 0.15) is 24.4 Å². The van der Waals surface area contributed by atoms with Crippen LogP contribution in [0.5, 0.6) is 0 Å². The maximum atomic E-state index is 13.3. The second kappa shape index (κ2) is 14.2. The molecule has 2 bridgehead atoms. The fourth-order valence-corrected chi connectivity index (χ4v) is 4.88. The third kappa shape index (κ3) is 9.13. The average Bonchev–Trinajstić information content (AvgIpc) is 3.52. The molecule has 0 unspecified atom stereocenters. The van der Waals surface area contributed by atoms with E-state index in [1.807, 2.05) is 26.2 Å². The molecule has 4 amide bonds. The van der Waals surface area contributed by atoms with E-state index < -0.39 is 42.0 Å². The van der Waals surface area contributed by atoms with E-state index in [0.717, 1.165) is 10.7 Å². The fourth-order valence-electron chi connectivity index (χ4n) is 4.23. The number of nitrogens with one attached hydrogen (secondary N) is 4. The van der Waals surface area contributed by atoms with Crippen molar-refractivity contribution >= 4 is 35.0 Å². The summed E-state index contributed by atoms with van der Waals surface area (Å²) in [6.45, 7) is 7.55. The van der Waals surface area contributed by atoms with E-state index in [2.05, 4.69) is 31.2 Å². The topological polar surface area (TPSA) is 176 Å². The number of fused-ring (bicyclic) bond motifs is 2. The van der Waals surface area contributed by atoms with Crippen LogP contribution in [0.2, 0.25) is 0 Å². The lowest BCUT2D eigenvalue weighted by molar-refractivity contribution is -0.134. The number of amides is 4. The number of hydrogen-bond acceptors (Lipinski definition) is 9. The van der Waals surface area contributed by atoms with Gasteiger partial charge in [0.25, 0.3) is 5.91 Å². The molecule has 214 valence electrons. The average molecular weight is 563 g/mol. The minimum Gasteiger partial charge on any atom is -0.446 e. The van der Waals surface area contributed by atoms with Crippen molar-refractivity contribution in [3.8, 4) is 0 Å². The molecular formula is C26H38N6O6S. The highest BCUT2D eigenvalue weighted by molar-refractivity contribution is 7.09. The Balaban J connectivity index is 1.78. The van der Waals surface area contributed by atoms with Gasteiger partial charge in [-0.05, 0) is 51.9 Å². The van der Waals surface area contributed by atoms with Crippen LogP contribution in [0.4, 0.5) is 0 Å². The van der Waals surface area contributed by atoms with Gasteiger partial charge in [-0.15, -0.1) is 11.3 Å². The quantitative estimate of drug-likeness (QED) is 0.338. The van der Waals surface area contributed by atoms with Crippen LogP contribution in [-0.2, 0) is 20.8 Å². The van der Waals surface area contributed by atoms with E-state index >= 15 is 0 Å². The van der Waals surface area contributed by atoms with Gasteiger partial charge in [0, 0.05) is 18.3 Å². The van der Waals surface area contributed by atoms with Gasteiger partial charge in [-0.3, -0.25) is 19.2 Å². The van der Waals surface area contributed by atoms with Gasteiger partial charge >= 0.3 is 0 Å². The fraction of sp³-hybridized carbons (Fsp3) is 0.615. The van der Waals surface area contributed by atoms with Gasteiger partial charge in [0.2, 0.25) is 23.6 Å². The molecule has 13 heteroatoms. The Labute approximate surface area is 231 Å². The minimum absolute atomic E-state index is 0.0981. The van der Waals surface area contributed by atoms with Crippen molar-refractivity contribution in [2.75, 3.05) is 6.54 Å². The van der Waals surface area contributed by atoms with Crippen molar-refractivity contribution in [1.29, 1.82) is 0 Å². The molecule has 0 saturated carbocycles. The molecule has 5 N–H and O–H groups in total. The second-order valence-corrected chi connectivity index (χ2v) is 11.3. The van der Waals surface area contributed by atoms with Crippen LogP contribution in [0.1, 0.15) is 86.0 Å². The predicted octanol–water partition coefficient (Wildman–Crippen LogP) is 1.54. The highest BCUT2D eigenvalue weighted by atomic mass is 32.1. The van der Waals surface area contributed by atoms with Gasteiger partial charge in [0.05, 0.1) is 16.8 Å². The van der Waals surface area contributed by atoms with Gasteiger partial charge in [-0.25, -0.2) is 9.97 Å². The van der Waals surface area contributed by atoms with Gasteiger partial charge in [-0.2, -0.15) is 0 Å². The summed E-state index contributed by atoms with van der Waals surface area (Å²) >= 11 is 1.50. The largest absolute Gasteiger partial charge is 0.446 e. The van der Waals surface area contributed by atoms with Crippen molar-refractivity contribution in [2.24, 2.45) is 5.92 Å². The zero-order valence-electron chi connectivity index (χ0n) is 22.8. The minimum atomic E-state index is -1.28. The van der Waals surface area contributed by atoms with Crippen LogP contribution < -0.4 is 21.3 Å². The van der Waals surface area contributed by atoms with Crippen LogP contribution >= 0.6 is 11.3 Å². The number of aliphatic hydroxyl groups is 1. The number of hydrogen-bond donors (Lipinski definition) is 5. The van der Waals surface area contributed by atoms with E-state index in [1.54, 1.807) is 0 Å². The smallest absolute Gasteiger partial charge is 0.273 e. The van der Waals surface area contributed by atoms with Crippen LogP contribution in [0.15, 0.2) is 16.1 Å². The third-order valence-electron chi connectivity index (χ3n) is 6.27. The SMILES string of the molecule is Cc1nc(CCC(=O)N[C@H]2CCCCNC(=O)c3coc(n3)[C@H](CC(C)C)NC(=O)[C@H]([C@@H](C)O)NC2=O)cs1. The first-order chi connectivity index (χ1) is 18.5. The lowest BCUT2D eigenvalue weighted by atomic mass is 10.0. The molecule has 0 aromatic carbocycles. The van der Waals surface area contributed by atoms with Crippen LogP contribution in [-0.4, -0.2) is 63.4 Å². The first kappa shape index (κ1) is 30.2. The van der Waals surface area contributed by atoms with Crippen LogP contribution in [0.25, 0.3) is 0 Å². The van der Waals surface area contributed by atoms with E-state index in [-0.39, 0.29) is 36.3 Å². The van der Waals surface area contributed by atoms with Crippen molar-refractivity contribution in [1.82, 2.24) is 31.2 Å². The van der Waals surface area contributed by atoms with Crippen molar-refractivity contribution in [2.45, 2.75) is 90.4 Å². The summed E-state index contributed by atoms with van der Waals surface area (Å²) < 4.78 is 5.52. The molecule has 1 aliphatic rings. The van der Waals surface area contributed by atoms with Gasteiger partial charge < -0.3 is 30.8 Å². The Hall–Kier alpha value is -3.32. The third-order valence-corrected chi connectivity index (χ3v) is 7.09. The Morgan fingerprint density at radius 3 is 2.62 bits per heavy atom. The monoisotopic (exact) mass is 562 g/mol. The summed E-state index contributed by atoms with van der Waals surface area (Å²) in [7, 11) is 0. The number of rotatable bonds is 7. The van der Waals surface area contributed by atoms with Crippen LogP contribution in [0.3, 0.4) is 0 Å². The van der Waals surface area contributed by atoms with Crippen LogP contribution in [0, 0.1) is 12.8 Å². The Morgan fingerprint density at radius 2 is 1.95 bits per heavy atom. The lowest BCUT2D eigenvalue weighted by Crippen LogP contribution is -2.57. The normalized spacial score (nSPS) is 22.1. The van der Waals surface area contributed by atoms with E-state index in [4.69, 9.17) is 4.42 Å². The van der Waals surface area contributed by atoms with Crippen molar-refractivity contribution in [3.05, 3.63) is 33.9 Å². The number of aromatic nitrogens is 2. The number of carbonyl (C=O) groups is 4. The van der Waals surface area contributed by atoms with E-state index in [9.17, 15) is 24.3 Å².